The summed E-state index contributed by atoms with van der Waals surface area (Å²) in [5, 5.41) is 10.1. The Balaban J connectivity index is 2.84. The van der Waals surface area contributed by atoms with E-state index in [0.29, 0.717) is 10.8 Å². The van der Waals surface area contributed by atoms with E-state index in [-0.39, 0.29) is 23.5 Å². The van der Waals surface area contributed by atoms with Crippen molar-refractivity contribution in [2.45, 2.75) is 6.92 Å². The van der Waals surface area contributed by atoms with Crippen LogP contribution in [-0.4, -0.2) is 22.9 Å². The van der Waals surface area contributed by atoms with Crippen LogP contribution in [0.5, 0.6) is 5.75 Å². The number of carbonyl (C=O) groups is 2. The monoisotopic (exact) mass is 278 g/mol. The van der Waals surface area contributed by atoms with Crippen LogP contribution in [0.25, 0.3) is 10.8 Å². The molecule has 1 N–H and O–H groups in total. The van der Waals surface area contributed by atoms with Crippen molar-refractivity contribution < 1.29 is 19.4 Å². The molecule has 0 aliphatic rings. The van der Waals surface area contributed by atoms with Gasteiger partial charge in [0.1, 0.15) is 5.75 Å². The van der Waals surface area contributed by atoms with Gasteiger partial charge < -0.3 is 9.84 Å². The third-order valence-corrected chi connectivity index (χ3v) is 2.89. The van der Waals surface area contributed by atoms with Crippen molar-refractivity contribution in [2.24, 2.45) is 0 Å². The number of hydrogen-bond donors (Lipinski definition) is 1. The molecule has 0 heterocycles. The SMILES string of the molecule is CCOC(=O)c1c(C(=O)Cl)c(O)cc2ccccc12. The molecule has 5 heteroatoms. The lowest BCUT2D eigenvalue weighted by molar-refractivity contribution is 0.0525. The zero-order chi connectivity index (χ0) is 14.0. The largest absolute Gasteiger partial charge is 0.507 e. The Morgan fingerprint density at radius 1 is 1.26 bits per heavy atom. The molecule has 2 rings (SSSR count). The summed E-state index contributed by atoms with van der Waals surface area (Å²) >= 11 is 5.45. The third-order valence-electron chi connectivity index (χ3n) is 2.70. The quantitative estimate of drug-likeness (QED) is 0.692. The number of rotatable bonds is 3. The van der Waals surface area contributed by atoms with E-state index in [2.05, 4.69) is 0 Å². The predicted molar refractivity (Wildman–Crippen MR) is 71.8 cm³/mol. The van der Waals surface area contributed by atoms with Crippen LogP contribution in [0.3, 0.4) is 0 Å². The van der Waals surface area contributed by atoms with Gasteiger partial charge in [0.15, 0.2) is 0 Å². The van der Waals surface area contributed by atoms with E-state index < -0.39 is 11.2 Å². The first-order chi connectivity index (χ1) is 9.06. The molecule has 0 unspecified atom stereocenters. The molecule has 4 nitrogen and oxygen atoms in total. The molecule has 0 saturated carbocycles. The zero-order valence-electron chi connectivity index (χ0n) is 10.1. The first-order valence-corrected chi connectivity index (χ1v) is 6.05. The maximum absolute atomic E-state index is 12.0. The number of halogens is 1. The number of carbonyl (C=O) groups excluding carboxylic acids is 2. The van der Waals surface area contributed by atoms with E-state index in [1.807, 2.05) is 0 Å². The summed E-state index contributed by atoms with van der Waals surface area (Å²) in [7, 11) is 0. The number of aromatic hydroxyl groups is 1. The van der Waals surface area contributed by atoms with Crippen molar-refractivity contribution in [2.75, 3.05) is 6.61 Å². The summed E-state index contributed by atoms with van der Waals surface area (Å²) in [6.45, 7) is 1.82. The van der Waals surface area contributed by atoms with Crippen LogP contribution in [0, 0.1) is 0 Å². The standard InChI is InChI=1S/C14H11ClO4/c1-2-19-14(18)11-9-6-4-3-5-8(9)7-10(16)12(11)13(15)17/h3-7,16H,2H2,1H3. The van der Waals surface area contributed by atoms with Crippen molar-refractivity contribution in [3.8, 4) is 5.75 Å². The molecule has 0 bridgehead atoms. The molecule has 0 saturated heterocycles. The Morgan fingerprint density at radius 2 is 1.95 bits per heavy atom. The average Bonchev–Trinajstić information content (AvgIpc) is 2.36. The molecule has 2 aromatic rings. The van der Waals surface area contributed by atoms with Crippen molar-refractivity contribution >= 4 is 33.6 Å². The molecule has 0 radical (unpaired) electrons. The van der Waals surface area contributed by atoms with Gasteiger partial charge in [-0.25, -0.2) is 4.79 Å². The summed E-state index contributed by atoms with van der Waals surface area (Å²) < 4.78 is 4.92. The van der Waals surface area contributed by atoms with Crippen LogP contribution < -0.4 is 0 Å². The van der Waals surface area contributed by atoms with Gasteiger partial charge in [0, 0.05) is 0 Å². The summed E-state index contributed by atoms with van der Waals surface area (Å²) in [6, 6.07) is 8.28. The van der Waals surface area contributed by atoms with Gasteiger partial charge in [-0.1, -0.05) is 24.3 Å². The average molecular weight is 279 g/mol. The molecule has 0 aliphatic carbocycles. The highest BCUT2D eigenvalue weighted by Crippen LogP contribution is 2.32. The number of fused-ring (bicyclic) bond motifs is 1. The summed E-state index contributed by atoms with van der Waals surface area (Å²) in [4.78, 5) is 23.4. The second kappa shape index (κ2) is 5.28. The van der Waals surface area contributed by atoms with Crippen molar-refractivity contribution in [1.29, 1.82) is 0 Å². The Morgan fingerprint density at radius 3 is 2.58 bits per heavy atom. The molecule has 19 heavy (non-hydrogen) atoms. The maximum Gasteiger partial charge on any atom is 0.339 e. The molecular formula is C14H11ClO4. The molecule has 2 aromatic carbocycles. The van der Waals surface area contributed by atoms with Gasteiger partial charge in [-0.2, -0.15) is 0 Å². The lowest BCUT2D eigenvalue weighted by Gasteiger charge is -2.11. The van der Waals surface area contributed by atoms with E-state index in [9.17, 15) is 14.7 Å². The highest BCUT2D eigenvalue weighted by molar-refractivity contribution is 6.68. The van der Waals surface area contributed by atoms with E-state index in [4.69, 9.17) is 16.3 Å². The van der Waals surface area contributed by atoms with Crippen molar-refractivity contribution in [3.05, 3.63) is 41.5 Å². The molecule has 0 fully saturated rings. The minimum absolute atomic E-state index is 0.00236. The zero-order valence-corrected chi connectivity index (χ0v) is 10.9. The number of hydrogen-bond acceptors (Lipinski definition) is 4. The van der Waals surface area contributed by atoms with Gasteiger partial charge in [-0.15, -0.1) is 0 Å². The number of phenolic OH excluding ortho intramolecular Hbond substituents is 1. The van der Waals surface area contributed by atoms with E-state index in [0.717, 1.165) is 0 Å². The van der Waals surface area contributed by atoms with Crippen LogP contribution in [0.1, 0.15) is 27.6 Å². The van der Waals surface area contributed by atoms with Crippen LogP contribution >= 0.6 is 11.6 Å². The first-order valence-electron chi connectivity index (χ1n) is 5.68. The second-order valence-electron chi connectivity index (χ2n) is 3.86. The third kappa shape index (κ3) is 2.39. The maximum atomic E-state index is 12.0. The number of phenols is 1. The summed E-state index contributed by atoms with van der Waals surface area (Å²) in [5.74, 6) is -1.01. The number of ether oxygens (including phenoxy) is 1. The molecule has 0 aromatic heterocycles. The number of benzene rings is 2. The van der Waals surface area contributed by atoms with Crippen LogP contribution in [0.15, 0.2) is 30.3 Å². The molecule has 0 spiro atoms. The van der Waals surface area contributed by atoms with Crippen molar-refractivity contribution in [3.63, 3.8) is 0 Å². The van der Waals surface area contributed by atoms with Gasteiger partial charge in [-0.3, -0.25) is 4.79 Å². The Labute approximate surface area is 114 Å². The van der Waals surface area contributed by atoms with Gasteiger partial charge in [0.2, 0.25) is 0 Å². The van der Waals surface area contributed by atoms with Crippen molar-refractivity contribution in [1.82, 2.24) is 0 Å². The fourth-order valence-electron chi connectivity index (χ4n) is 1.95. The normalized spacial score (nSPS) is 10.4. The minimum atomic E-state index is -0.897. The molecule has 0 aliphatic heterocycles. The lowest BCUT2D eigenvalue weighted by atomic mass is 9.98. The minimum Gasteiger partial charge on any atom is -0.507 e. The van der Waals surface area contributed by atoms with E-state index >= 15 is 0 Å². The van der Waals surface area contributed by atoms with Crippen LogP contribution in [-0.2, 0) is 4.74 Å². The summed E-state index contributed by atoms with van der Waals surface area (Å²) in [5.41, 5.74) is -0.226. The topological polar surface area (TPSA) is 63.6 Å². The lowest BCUT2D eigenvalue weighted by Crippen LogP contribution is -2.11. The Bertz CT molecular complexity index is 664. The van der Waals surface area contributed by atoms with Gasteiger partial charge in [0.05, 0.1) is 17.7 Å². The second-order valence-corrected chi connectivity index (χ2v) is 4.20. The van der Waals surface area contributed by atoms with Crippen LogP contribution in [0.4, 0.5) is 0 Å². The number of esters is 1. The highest BCUT2D eigenvalue weighted by Gasteiger charge is 2.24. The molecule has 98 valence electrons. The van der Waals surface area contributed by atoms with Crippen LogP contribution in [0.2, 0.25) is 0 Å². The smallest absolute Gasteiger partial charge is 0.339 e. The molecular weight excluding hydrogens is 268 g/mol. The first kappa shape index (κ1) is 13.4. The van der Waals surface area contributed by atoms with E-state index in [1.165, 1.54) is 6.07 Å². The van der Waals surface area contributed by atoms with E-state index in [1.54, 1.807) is 31.2 Å². The fourth-order valence-corrected chi connectivity index (χ4v) is 2.14. The van der Waals surface area contributed by atoms with Gasteiger partial charge >= 0.3 is 5.97 Å². The van der Waals surface area contributed by atoms with Gasteiger partial charge in [-0.05, 0) is 35.4 Å². The Kier molecular flexibility index (Phi) is 3.71. The summed E-state index contributed by atoms with van der Waals surface area (Å²) in [6.07, 6.45) is 0. The molecule has 0 amide bonds. The molecule has 0 atom stereocenters. The fraction of sp³-hybridized carbons (Fsp3) is 0.143. The predicted octanol–water partition coefficient (Wildman–Crippen LogP) is 3.10. The van der Waals surface area contributed by atoms with Gasteiger partial charge in [0.25, 0.3) is 5.24 Å². The highest BCUT2D eigenvalue weighted by atomic mass is 35.5. The Hall–Kier alpha value is -2.07.